The Balaban J connectivity index is 1.37. The quantitative estimate of drug-likeness (QED) is 0.580. The second-order valence-electron chi connectivity index (χ2n) is 8.53. The summed E-state index contributed by atoms with van der Waals surface area (Å²) in [5.41, 5.74) is 0.301. The minimum Gasteiger partial charge on any atom is -0.364 e. The summed E-state index contributed by atoms with van der Waals surface area (Å²) in [7, 11) is 0. The van der Waals surface area contributed by atoms with Crippen LogP contribution in [0.4, 0.5) is 23.4 Å². The van der Waals surface area contributed by atoms with E-state index in [-0.39, 0.29) is 41.2 Å². The average molecular weight is 473 g/mol. The molecular weight excluding hydrogens is 454 g/mol. The summed E-state index contributed by atoms with van der Waals surface area (Å²) in [6.45, 7) is 2.36. The van der Waals surface area contributed by atoms with Crippen molar-refractivity contribution in [1.29, 1.82) is 0 Å². The normalized spacial score (nSPS) is 21.7. The number of amides is 1. The highest BCUT2D eigenvalue weighted by Gasteiger charge is 2.48. The van der Waals surface area contributed by atoms with Crippen LogP contribution in [0.1, 0.15) is 34.6 Å². The molecular formula is C22H19F4N7O. The maximum Gasteiger partial charge on any atom is 0.434 e. The molecule has 34 heavy (non-hydrogen) atoms. The maximum atomic E-state index is 13.5. The summed E-state index contributed by atoms with van der Waals surface area (Å²) in [6.07, 6.45) is 2.31. The highest BCUT2D eigenvalue weighted by molar-refractivity contribution is 5.98. The van der Waals surface area contributed by atoms with Crippen LogP contribution in [-0.2, 0) is 6.18 Å². The van der Waals surface area contributed by atoms with Gasteiger partial charge < -0.3 is 10.2 Å². The Labute approximate surface area is 191 Å². The number of rotatable bonds is 4. The van der Waals surface area contributed by atoms with Gasteiger partial charge in [0.1, 0.15) is 11.5 Å². The number of anilines is 1. The number of aromatic nitrogens is 5. The summed E-state index contributed by atoms with van der Waals surface area (Å²) in [5.74, 6) is -0.244. The molecule has 3 aromatic rings. The van der Waals surface area contributed by atoms with Crippen LogP contribution in [0.3, 0.4) is 0 Å². The zero-order valence-electron chi connectivity index (χ0n) is 17.9. The van der Waals surface area contributed by atoms with E-state index in [1.807, 2.05) is 6.92 Å². The molecule has 3 aromatic heterocycles. The van der Waals surface area contributed by atoms with Gasteiger partial charge in [-0.1, -0.05) is 0 Å². The fourth-order valence-electron chi connectivity index (χ4n) is 4.65. The van der Waals surface area contributed by atoms with E-state index in [1.54, 1.807) is 17.2 Å². The lowest BCUT2D eigenvalue weighted by Gasteiger charge is -2.34. The molecule has 2 fully saturated rings. The highest BCUT2D eigenvalue weighted by Crippen LogP contribution is 2.40. The van der Waals surface area contributed by atoms with Gasteiger partial charge in [0.15, 0.2) is 17.3 Å². The fraction of sp³-hybridized carbons (Fsp3) is 0.364. The van der Waals surface area contributed by atoms with E-state index in [4.69, 9.17) is 0 Å². The molecule has 1 aliphatic heterocycles. The molecule has 3 unspecified atom stereocenters. The van der Waals surface area contributed by atoms with E-state index >= 15 is 0 Å². The summed E-state index contributed by atoms with van der Waals surface area (Å²) in [4.78, 5) is 34.8. The van der Waals surface area contributed by atoms with Gasteiger partial charge >= 0.3 is 6.18 Å². The van der Waals surface area contributed by atoms with Gasteiger partial charge in [0.25, 0.3) is 5.91 Å². The number of pyridine rings is 1. The van der Waals surface area contributed by atoms with E-state index in [1.165, 1.54) is 0 Å². The van der Waals surface area contributed by atoms with Gasteiger partial charge in [-0.25, -0.2) is 24.3 Å². The van der Waals surface area contributed by atoms with Crippen molar-refractivity contribution in [3.8, 4) is 11.4 Å². The standard InChI is InChI=1S/C22H19F4N7O/c1-11-2-14(20-30-6-13(23)7-31-20)19(29-5-11)21(34)33-10-12-3-15(16(33)4-12)32-18-9-27-17(8-28-18)22(24,25)26/h2,5-9,12,15-16H,3-4,10H2,1H3,(H,28,32). The lowest BCUT2D eigenvalue weighted by Crippen LogP contribution is -2.48. The first-order valence-corrected chi connectivity index (χ1v) is 10.6. The monoisotopic (exact) mass is 473 g/mol. The van der Waals surface area contributed by atoms with Crippen LogP contribution in [0, 0.1) is 18.7 Å². The summed E-state index contributed by atoms with van der Waals surface area (Å²) in [6, 6.07) is 1.35. The lowest BCUT2D eigenvalue weighted by atomic mass is 10.0. The van der Waals surface area contributed by atoms with Crippen LogP contribution in [-0.4, -0.2) is 54.4 Å². The minimum absolute atomic E-state index is 0.165. The van der Waals surface area contributed by atoms with Gasteiger partial charge in [-0.2, -0.15) is 13.2 Å². The van der Waals surface area contributed by atoms with Crippen molar-refractivity contribution < 1.29 is 22.4 Å². The third-order valence-corrected chi connectivity index (χ3v) is 6.11. The van der Waals surface area contributed by atoms with E-state index in [2.05, 4.69) is 30.2 Å². The number of aryl methyl sites for hydroxylation is 1. The van der Waals surface area contributed by atoms with E-state index in [0.717, 1.165) is 37.0 Å². The Morgan fingerprint density at radius 2 is 1.79 bits per heavy atom. The van der Waals surface area contributed by atoms with Crippen LogP contribution < -0.4 is 5.32 Å². The van der Waals surface area contributed by atoms with Gasteiger partial charge in [0, 0.05) is 18.8 Å². The molecule has 3 atom stereocenters. The SMILES string of the molecule is Cc1cnc(C(=O)N2CC3CC(Nc4cnc(C(F)(F)F)cn4)C2C3)c(-c2ncc(F)cn2)c1. The number of fused-ring (bicyclic) bond motifs is 2. The molecule has 0 aromatic carbocycles. The minimum atomic E-state index is -4.56. The number of alkyl halides is 3. The Bertz CT molecular complexity index is 1220. The zero-order chi connectivity index (χ0) is 24.0. The lowest BCUT2D eigenvalue weighted by molar-refractivity contribution is -0.141. The van der Waals surface area contributed by atoms with E-state index in [0.29, 0.717) is 18.3 Å². The molecule has 176 valence electrons. The number of piperidine rings is 1. The Morgan fingerprint density at radius 1 is 1.03 bits per heavy atom. The van der Waals surface area contributed by atoms with Crippen molar-refractivity contribution in [2.75, 3.05) is 11.9 Å². The molecule has 1 amide bonds. The summed E-state index contributed by atoms with van der Waals surface area (Å²) in [5, 5.41) is 3.13. The molecule has 0 spiro atoms. The molecule has 8 nitrogen and oxygen atoms in total. The topological polar surface area (TPSA) is 96.8 Å². The highest BCUT2D eigenvalue weighted by atomic mass is 19.4. The van der Waals surface area contributed by atoms with Crippen molar-refractivity contribution in [2.24, 2.45) is 5.92 Å². The molecule has 2 bridgehead atoms. The van der Waals surface area contributed by atoms with Crippen LogP contribution in [0.25, 0.3) is 11.4 Å². The molecule has 0 radical (unpaired) electrons. The molecule has 4 heterocycles. The largest absolute Gasteiger partial charge is 0.434 e. The van der Waals surface area contributed by atoms with Gasteiger partial charge in [-0.3, -0.25) is 9.78 Å². The number of hydrogen-bond acceptors (Lipinski definition) is 7. The van der Waals surface area contributed by atoms with Crippen LogP contribution in [0.15, 0.2) is 37.1 Å². The first kappa shape index (κ1) is 22.1. The van der Waals surface area contributed by atoms with Crippen molar-refractivity contribution in [2.45, 2.75) is 38.0 Å². The molecule has 5 rings (SSSR count). The fourth-order valence-corrected chi connectivity index (χ4v) is 4.65. The van der Waals surface area contributed by atoms with E-state index < -0.39 is 17.7 Å². The number of carbonyl (C=O) groups is 1. The number of likely N-dealkylation sites (tertiary alicyclic amines) is 1. The molecule has 12 heteroatoms. The number of nitrogens with one attached hydrogen (secondary N) is 1. The first-order chi connectivity index (χ1) is 16.2. The summed E-state index contributed by atoms with van der Waals surface area (Å²) >= 11 is 0. The number of carbonyl (C=O) groups excluding carboxylic acids is 1. The van der Waals surface area contributed by atoms with Crippen LogP contribution in [0.5, 0.6) is 0 Å². The Morgan fingerprint density at radius 3 is 2.44 bits per heavy atom. The van der Waals surface area contributed by atoms with Gasteiger partial charge in [0.2, 0.25) is 0 Å². The first-order valence-electron chi connectivity index (χ1n) is 10.6. The Kier molecular flexibility index (Phi) is 5.37. The Hall–Kier alpha value is -3.70. The third kappa shape index (κ3) is 4.15. The predicted molar refractivity (Wildman–Crippen MR) is 112 cm³/mol. The molecule has 1 saturated carbocycles. The molecule has 1 N–H and O–H groups in total. The van der Waals surface area contributed by atoms with Crippen molar-refractivity contribution >= 4 is 11.7 Å². The second-order valence-corrected chi connectivity index (χ2v) is 8.53. The number of hydrogen-bond donors (Lipinski definition) is 1. The second kappa shape index (κ2) is 8.26. The van der Waals surface area contributed by atoms with Crippen molar-refractivity contribution in [1.82, 2.24) is 29.8 Å². The van der Waals surface area contributed by atoms with Crippen LogP contribution >= 0.6 is 0 Å². The van der Waals surface area contributed by atoms with Crippen molar-refractivity contribution in [3.05, 3.63) is 59.8 Å². The predicted octanol–water partition coefficient (Wildman–Crippen LogP) is 3.51. The number of halogens is 4. The average Bonchev–Trinajstić information content (AvgIpc) is 3.39. The van der Waals surface area contributed by atoms with Gasteiger partial charge in [-0.05, 0) is 37.3 Å². The molecule has 2 aliphatic rings. The van der Waals surface area contributed by atoms with Gasteiger partial charge in [0.05, 0.1) is 36.4 Å². The maximum absolute atomic E-state index is 13.5. The smallest absolute Gasteiger partial charge is 0.364 e. The van der Waals surface area contributed by atoms with Crippen LogP contribution in [0.2, 0.25) is 0 Å². The van der Waals surface area contributed by atoms with Crippen molar-refractivity contribution in [3.63, 3.8) is 0 Å². The molecule has 1 aliphatic carbocycles. The zero-order valence-corrected chi connectivity index (χ0v) is 17.9. The van der Waals surface area contributed by atoms with E-state index in [9.17, 15) is 22.4 Å². The van der Waals surface area contributed by atoms with Gasteiger partial charge in [-0.15, -0.1) is 0 Å². The molecule has 1 saturated heterocycles. The summed E-state index contributed by atoms with van der Waals surface area (Å²) < 4.78 is 51.5. The third-order valence-electron chi connectivity index (χ3n) is 6.11. The number of nitrogens with zero attached hydrogens (tertiary/aromatic N) is 6.